The molecule has 0 unspecified atom stereocenters. The Balaban J connectivity index is 0. The maximum absolute atomic E-state index is 11.6. The zero-order chi connectivity index (χ0) is 44.3. The summed E-state index contributed by atoms with van der Waals surface area (Å²) < 4.78 is 42.0. The fraction of sp³-hybridized carbons (Fsp3) is 0.917. The lowest BCUT2D eigenvalue weighted by Crippen LogP contribution is -2.15. The van der Waals surface area contributed by atoms with Gasteiger partial charge in [0.2, 0.25) is 0 Å². The van der Waals surface area contributed by atoms with E-state index in [0.717, 1.165) is 51.4 Å². The highest BCUT2D eigenvalue weighted by atomic mass is 16.6. The molecule has 0 atom stereocenters. The summed E-state index contributed by atoms with van der Waals surface area (Å²) >= 11 is 0. The van der Waals surface area contributed by atoms with E-state index < -0.39 is 0 Å². The van der Waals surface area contributed by atoms with Crippen LogP contribution < -0.4 is 0 Å². The quantitative estimate of drug-likeness (QED) is 0.0326. The van der Waals surface area contributed by atoms with E-state index in [1.165, 1.54) is 103 Å². The minimum Gasteiger partial charge on any atom is -0.463 e. The second-order valence-corrected chi connectivity index (χ2v) is 15.4. The molecule has 0 aromatic rings. The van der Waals surface area contributed by atoms with Gasteiger partial charge in [-0.15, -0.1) is 0 Å². The number of carbonyl (C=O) groups excluding carboxylic acids is 4. The lowest BCUT2D eigenvalue weighted by atomic mass is 10.1. The summed E-state index contributed by atoms with van der Waals surface area (Å²) in [6.45, 7) is 13.1. The standard InChI is InChI=1S/2C24H46O6/c1-3-5-7-9-10-12-14-16-24(26)30-22-20-28-18-17-27-19-21-29-23(25)15-13-11-8-6-4-2;1-3-5-7-9-11-13-15-23(25)29-21-19-27-17-18-28-20-22-30-24(26)16-14-12-10-8-6-4-2/h2*3-22H2,1-2H3. The molecule has 0 spiro atoms. The van der Waals surface area contributed by atoms with Crippen molar-refractivity contribution in [1.82, 2.24) is 0 Å². The molecule has 12 heteroatoms. The molecule has 0 rings (SSSR count). The summed E-state index contributed by atoms with van der Waals surface area (Å²) in [5.74, 6) is -0.582. The highest BCUT2D eigenvalue weighted by Crippen LogP contribution is 2.10. The van der Waals surface area contributed by atoms with Gasteiger partial charge in [-0.2, -0.15) is 0 Å². The van der Waals surface area contributed by atoms with Gasteiger partial charge in [0.15, 0.2) is 0 Å². The van der Waals surface area contributed by atoms with E-state index in [2.05, 4.69) is 27.7 Å². The lowest BCUT2D eigenvalue weighted by molar-refractivity contribution is -0.147. The predicted molar refractivity (Wildman–Crippen MR) is 239 cm³/mol. The van der Waals surface area contributed by atoms with E-state index in [4.69, 9.17) is 37.9 Å². The molecule has 0 aliphatic carbocycles. The second kappa shape index (κ2) is 52.9. The first-order valence-electron chi connectivity index (χ1n) is 24.3. The van der Waals surface area contributed by atoms with Crippen molar-refractivity contribution in [2.24, 2.45) is 0 Å². The van der Waals surface area contributed by atoms with Crippen LogP contribution in [0.1, 0.15) is 207 Å². The number of esters is 4. The number of ether oxygens (including phenoxy) is 8. The molecule has 60 heavy (non-hydrogen) atoms. The molecule has 0 heterocycles. The summed E-state index contributed by atoms with van der Waals surface area (Å²) in [5.41, 5.74) is 0. The average molecular weight is 861 g/mol. The van der Waals surface area contributed by atoms with Crippen molar-refractivity contribution in [2.45, 2.75) is 207 Å². The fourth-order valence-electron chi connectivity index (χ4n) is 5.99. The number of hydrogen-bond donors (Lipinski definition) is 0. The van der Waals surface area contributed by atoms with E-state index in [1.807, 2.05) is 0 Å². The Kier molecular flexibility index (Phi) is 52.7. The van der Waals surface area contributed by atoms with Crippen molar-refractivity contribution in [1.29, 1.82) is 0 Å². The van der Waals surface area contributed by atoms with Crippen LogP contribution in [0.3, 0.4) is 0 Å². The van der Waals surface area contributed by atoms with E-state index in [-0.39, 0.29) is 50.3 Å². The summed E-state index contributed by atoms with van der Waals surface area (Å²) in [5, 5.41) is 0. The predicted octanol–water partition coefficient (Wildman–Crippen LogP) is 11.2. The average Bonchev–Trinajstić information content (AvgIpc) is 3.24. The Labute approximate surface area is 366 Å². The molecule has 0 aliphatic rings. The normalized spacial score (nSPS) is 10.9. The Morgan fingerprint density at radius 2 is 0.400 bits per heavy atom. The van der Waals surface area contributed by atoms with Crippen molar-refractivity contribution >= 4 is 23.9 Å². The van der Waals surface area contributed by atoms with Crippen molar-refractivity contribution in [2.75, 3.05) is 79.3 Å². The van der Waals surface area contributed by atoms with Crippen LogP contribution in [0.4, 0.5) is 0 Å². The molecule has 0 aromatic carbocycles. The molecule has 0 fully saturated rings. The Hall–Kier alpha value is -2.28. The summed E-state index contributed by atoms with van der Waals surface area (Å²) in [6, 6.07) is 0. The van der Waals surface area contributed by atoms with E-state index in [0.29, 0.717) is 78.5 Å². The molecule has 0 saturated heterocycles. The van der Waals surface area contributed by atoms with Gasteiger partial charge in [0.25, 0.3) is 0 Å². The molecular formula is C48H92O12. The maximum atomic E-state index is 11.6. The van der Waals surface area contributed by atoms with Gasteiger partial charge in [0.05, 0.1) is 52.9 Å². The van der Waals surface area contributed by atoms with E-state index >= 15 is 0 Å². The third kappa shape index (κ3) is 53.7. The van der Waals surface area contributed by atoms with Crippen LogP contribution in [0.25, 0.3) is 0 Å². The monoisotopic (exact) mass is 861 g/mol. The van der Waals surface area contributed by atoms with Crippen LogP contribution >= 0.6 is 0 Å². The fourth-order valence-corrected chi connectivity index (χ4v) is 5.99. The number of rotatable bonds is 46. The molecule has 12 nitrogen and oxygen atoms in total. The first-order valence-corrected chi connectivity index (χ1v) is 24.3. The van der Waals surface area contributed by atoms with Gasteiger partial charge in [-0.1, -0.05) is 156 Å². The third-order valence-electron chi connectivity index (χ3n) is 9.64. The van der Waals surface area contributed by atoms with Gasteiger partial charge in [0, 0.05) is 25.7 Å². The Morgan fingerprint density at radius 1 is 0.233 bits per heavy atom. The molecule has 0 aromatic heterocycles. The summed E-state index contributed by atoms with van der Waals surface area (Å²) in [7, 11) is 0. The number of hydrogen-bond acceptors (Lipinski definition) is 12. The highest BCUT2D eigenvalue weighted by molar-refractivity contribution is 5.70. The van der Waals surface area contributed by atoms with Gasteiger partial charge in [-0.05, 0) is 25.7 Å². The molecule has 0 radical (unpaired) electrons. The SMILES string of the molecule is CCCCCCCCC(=O)OCCOCCOCCOC(=O)CCCCCCCC.CCCCCCCCCC(=O)OCCOCCOCCOC(=O)CCCCCCC. The van der Waals surface area contributed by atoms with Crippen molar-refractivity contribution in [3.05, 3.63) is 0 Å². The second-order valence-electron chi connectivity index (χ2n) is 15.4. The van der Waals surface area contributed by atoms with Crippen LogP contribution in [0.5, 0.6) is 0 Å². The van der Waals surface area contributed by atoms with Gasteiger partial charge < -0.3 is 37.9 Å². The van der Waals surface area contributed by atoms with E-state index in [1.54, 1.807) is 0 Å². The van der Waals surface area contributed by atoms with E-state index in [9.17, 15) is 19.2 Å². The van der Waals surface area contributed by atoms with Crippen LogP contribution in [0, 0.1) is 0 Å². The van der Waals surface area contributed by atoms with Crippen molar-refractivity contribution in [3.8, 4) is 0 Å². The van der Waals surface area contributed by atoms with Crippen molar-refractivity contribution < 1.29 is 57.1 Å². The first-order chi connectivity index (χ1) is 29.4. The first kappa shape index (κ1) is 59.8. The zero-order valence-electron chi connectivity index (χ0n) is 39.2. The van der Waals surface area contributed by atoms with Gasteiger partial charge in [-0.25, -0.2) is 0 Å². The number of carbonyl (C=O) groups is 4. The van der Waals surface area contributed by atoms with Crippen LogP contribution in [-0.4, -0.2) is 103 Å². The van der Waals surface area contributed by atoms with Crippen LogP contribution in [0.15, 0.2) is 0 Å². The smallest absolute Gasteiger partial charge is 0.305 e. The summed E-state index contributed by atoms with van der Waals surface area (Å²) in [4.78, 5) is 46.3. The lowest BCUT2D eigenvalue weighted by Gasteiger charge is -2.08. The zero-order valence-corrected chi connectivity index (χ0v) is 39.2. The van der Waals surface area contributed by atoms with Gasteiger partial charge in [0.1, 0.15) is 26.4 Å². The van der Waals surface area contributed by atoms with Crippen molar-refractivity contribution in [3.63, 3.8) is 0 Å². The van der Waals surface area contributed by atoms with Gasteiger partial charge in [-0.3, -0.25) is 19.2 Å². The molecule has 0 aliphatic heterocycles. The van der Waals surface area contributed by atoms with Crippen LogP contribution in [0.2, 0.25) is 0 Å². The molecule has 0 amide bonds. The molecule has 356 valence electrons. The molecule has 0 N–H and O–H groups in total. The molecule has 0 bridgehead atoms. The minimum atomic E-state index is -0.148. The molecular weight excluding hydrogens is 769 g/mol. The van der Waals surface area contributed by atoms with Gasteiger partial charge >= 0.3 is 23.9 Å². The minimum absolute atomic E-state index is 0.143. The topological polar surface area (TPSA) is 142 Å². The summed E-state index contributed by atoms with van der Waals surface area (Å²) in [6.07, 6.45) is 29.8. The van der Waals surface area contributed by atoms with Crippen LogP contribution in [-0.2, 0) is 57.1 Å². The maximum Gasteiger partial charge on any atom is 0.305 e. The largest absolute Gasteiger partial charge is 0.463 e. The molecule has 0 saturated carbocycles. The number of unbranched alkanes of at least 4 members (excludes halogenated alkanes) is 20. The highest BCUT2D eigenvalue weighted by Gasteiger charge is 2.06. The third-order valence-corrected chi connectivity index (χ3v) is 9.64. The Bertz CT molecular complexity index is 880. The Morgan fingerprint density at radius 3 is 0.600 bits per heavy atom.